The summed E-state index contributed by atoms with van der Waals surface area (Å²) >= 11 is 7.25. The Labute approximate surface area is 204 Å². The van der Waals surface area contributed by atoms with Crippen molar-refractivity contribution in [3.8, 4) is 6.07 Å². The molecule has 3 aromatic rings. The van der Waals surface area contributed by atoms with Crippen LogP contribution in [0.5, 0.6) is 0 Å². The van der Waals surface area contributed by atoms with Crippen LogP contribution in [0.15, 0.2) is 66.7 Å². The average molecular weight is 493 g/mol. The Morgan fingerprint density at radius 3 is 2.74 bits per heavy atom. The molecule has 9 heteroatoms. The van der Waals surface area contributed by atoms with Gasteiger partial charge in [-0.25, -0.2) is 9.18 Å². The summed E-state index contributed by atoms with van der Waals surface area (Å²) in [6.07, 6.45) is 0. The Hall–Kier alpha value is -3.54. The first kappa shape index (κ1) is 22.3. The number of thioether (sulfide) groups is 1. The quantitative estimate of drug-likeness (QED) is 0.536. The number of urea groups is 1. The number of halogens is 2. The van der Waals surface area contributed by atoms with Crippen LogP contribution >= 0.6 is 23.4 Å². The molecule has 0 saturated carbocycles. The van der Waals surface area contributed by atoms with Crippen molar-refractivity contribution in [2.75, 3.05) is 22.5 Å². The molecule has 170 valence electrons. The molecule has 2 aliphatic rings. The molecular weight excluding hydrogens is 475 g/mol. The zero-order valence-corrected chi connectivity index (χ0v) is 19.4. The molecule has 0 bridgehead atoms. The number of hydrogen-bond acceptors (Lipinski definition) is 4. The van der Waals surface area contributed by atoms with Crippen LogP contribution in [0.1, 0.15) is 16.7 Å². The number of nitrogens with one attached hydrogen (secondary N) is 1. The molecule has 0 aliphatic carbocycles. The van der Waals surface area contributed by atoms with Crippen molar-refractivity contribution in [3.05, 3.63) is 94.3 Å². The number of fused-ring (bicyclic) bond motifs is 2. The SMILES string of the molecule is N#Cc1cccc(CN2C(=O)[C@]3(SCCN3C(=O)Nc3ccc(Cl)cc3)c3cc(F)ccc32)c1. The number of anilines is 2. The first-order valence-corrected chi connectivity index (χ1v) is 11.9. The molecule has 6 nitrogen and oxygen atoms in total. The number of benzene rings is 3. The normalized spacial score (nSPS) is 18.8. The van der Waals surface area contributed by atoms with Gasteiger partial charge in [-0.2, -0.15) is 5.26 Å². The van der Waals surface area contributed by atoms with E-state index in [2.05, 4.69) is 11.4 Å². The van der Waals surface area contributed by atoms with Crippen molar-refractivity contribution in [1.29, 1.82) is 5.26 Å². The predicted octanol–water partition coefficient (Wildman–Crippen LogP) is 5.33. The van der Waals surface area contributed by atoms with E-state index >= 15 is 0 Å². The van der Waals surface area contributed by atoms with Crippen molar-refractivity contribution in [3.63, 3.8) is 0 Å². The maximum atomic E-state index is 14.4. The van der Waals surface area contributed by atoms with E-state index in [-0.39, 0.29) is 12.5 Å². The Morgan fingerprint density at radius 2 is 1.97 bits per heavy atom. The van der Waals surface area contributed by atoms with Crippen LogP contribution < -0.4 is 10.2 Å². The summed E-state index contributed by atoms with van der Waals surface area (Å²) in [6, 6.07) is 19.5. The van der Waals surface area contributed by atoms with Gasteiger partial charge < -0.3 is 10.2 Å². The highest BCUT2D eigenvalue weighted by atomic mass is 35.5. The predicted molar refractivity (Wildman–Crippen MR) is 130 cm³/mol. The van der Waals surface area contributed by atoms with E-state index in [1.807, 2.05) is 6.07 Å². The van der Waals surface area contributed by atoms with Gasteiger partial charge in [-0.05, 0) is 60.2 Å². The van der Waals surface area contributed by atoms with Crippen LogP contribution in [0.3, 0.4) is 0 Å². The van der Waals surface area contributed by atoms with Crippen molar-refractivity contribution in [1.82, 2.24) is 4.90 Å². The van der Waals surface area contributed by atoms with Gasteiger partial charge in [-0.3, -0.25) is 9.69 Å². The molecule has 0 radical (unpaired) electrons. The van der Waals surface area contributed by atoms with Gasteiger partial charge in [0.2, 0.25) is 0 Å². The topological polar surface area (TPSA) is 76.4 Å². The Kier molecular flexibility index (Phi) is 5.68. The molecule has 1 atom stereocenters. The monoisotopic (exact) mass is 492 g/mol. The van der Waals surface area contributed by atoms with Gasteiger partial charge in [0.25, 0.3) is 5.91 Å². The van der Waals surface area contributed by atoms with Crippen LogP contribution in [-0.4, -0.2) is 29.1 Å². The number of nitrogens with zero attached hydrogens (tertiary/aromatic N) is 3. The second-order valence-corrected chi connectivity index (χ2v) is 9.67. The van der Waals surface area contributed by atoms with Gasteiger partial charge in [-0.15, -0.1) is 11.8 Å². The molecule has 2 aliphatic heterocycles. The average Bonchev–Trinajstić information content (AvgIpc) is 3.38. The smallest absolute Gasteiger partial charge is 0.308 e. The highest BCUT2D eigenvalue weighted by molar-refractivity contribution is 8.01. The minimum atomic E-state index is -1.37. The molecule has 0 unspecified atom stereocenters. The van der Waals surface area contributed by atoms with Crippen LogP contribution in [-0.2, 0) is 16.2 Å². The third-order valence-electron chi connectivity index (χ3n) is 5.89. The maximum absolute atomic E-state index is 14.4. The van der Waals surface area contributed by atoms with E-state index in [4.69, 9.17) is 11.6 Å². The number of carbonyl (C=O) groups is 2. The molecule has 34 heavy (non-hydrogen) atoms. The minimum absolute atomic E-state index is 0.196. The third kappa shape index (κ3) is 3.67. The van der Waals surface area contributed by atoms with Crippen LogP contribution in [0.4, 0.5) is 20.6 Å². The lowest BCUT2D eigenvalue weighted by Crippen LogP contribution is -2.51. The van der Waals surface area contributed by atoms with Crippen molar-refractivity contribution in [2.24, 2.45) is 0 Å². The number of hydrogen-bond donors (Lipinski definition) is 1. The van der Waals surface area contributed by atoms with Gasteiger partial charge in [0, 0.05) is 28.6 Å². The van der Waals surface area contributed by atoms with Gasteiger partial charge in [0.1, 0.15) is 5.82 Å². The molecule has 5 rings (SSSR count). The lowest BCUT2D eigenvalue weighted by atomic mass is 10.1. The first-order valence-electron chi connectivity index (χ1n) is 10.5. The summed E-state index contributed by atoms with van der Waals surface area (Å²) in [5.41, 5.74) is 2.78. The van der Waals surface area contributed by atoms with E-state index in [0.29, 0.717) is 39.8 Å². The molecule has 0 aromatic heterocycles. The molecular formula is C25H18ClFN4O2S. The summed E-state index contributed by atoms with van der Waals surface area (Å²) in [5, 5.41) is 12.6. The fourth-order valence-electron chi connectivity index (χ4n) is 4.39. The van der Waals surface area contributed by atoms with E-state index in [1.165, 1.54) is 28.8 Å². The standard InChI is InChI=1S/C25H18ClFN4O2S/c26-18-4-7-20(8-5-18)29-24(33)31-10-11-34-25(31)21-13-19(27)6-9-22(21)30(23(25)32)15-17-3-1-2-16(12-17)14-28/h1-9,12-13H,10-11,15H2,(H,29,33)/t25-/m1/s1. The van der Waals surface area contributed by atoms with E-state index < -0.39 is 16.7 Å². The fraction of sp³-hybridized carbons (Fsp3) is 0.160. The minimum Gasteiger partial charge on any atom is -0.308 e. The molecule has 2 heterocycles. The van der Waals surface area contributed by atoms with E-state index in [9.17, 15) is 19.2 Å². The van der Waals surface area contributed by atoms with Crippen molar-refractivity contribution in [2.45, 2.75) is 11.4 Å². The van der Waals surface area contributed by atoms with Crippen molar-refractivity contribution >= 4 is 46.7 Å². The Balaban J connectivity index is 1.53. The number of carbonyl (C=O) groups excluding carboxylic acids is 2. The zero-order chi connectivity index (χ0) is 23.9. The van der Waals surface area contributed by atoms with E-state index in [0.717, 1.165) is 5.56 Å². The van der Waals surface area contributed by atoms with Gasteiger partial charge in [0.15, 0.2) is 4.87 Å². The lowest BCUT2D eigenvalue weighted by Gasteiger charge is -2.33. The Bertz CT molecular complexity index is 1340. The van der Waals surface area contributed by atoms with Gasteiger partial charge in [0.05, 0.1) is 23.9 Å². The molecule has 1 spiro atoms. The highest BCUT2D eigenvalue weighted by Crippen LogP contribution is 2.54. The van der Waals surface area contributed by atoms with Crippen LogP contribution in [0, 0.1) is 17.1 Å². The summed E-state index contributed by atoms with van der Waals surface area (Å²) in [5.74, 6) is -0.276. The second kappa shape index (κ2) is 8.67. The van der Waals surface area contributed by atoms with E-state index in [1.54, 1.807) is 53.4 Å². The largest absolute Gasteiger partial charge is 0.323 e. The van der Waals surface area contributed by atoms with Crippen LogP contribution in [0.2, 0.25) is 5.02 Å². The number of rotatable bonds is 3. The molecule has 1 fully saturated rings. The maximum Gasteiger partial charge on any atom is 0.323 e. The number of nitriles is 1. The summed E-state index contributed by atoms with van der Waals surface area (Å²) in [6.45, 7) is 0.519. The molecule has 3 amide bonds. The second-order valence-electron chi connectivity index (χ2n) is 7.95. The highest BCUT2D eigenvalue weighted by Gasteiger charge is 2.59. The van der Waals surface area contributed by atoms with Gasteiger partial charge in [-0.1, -0.05) is 23.7 Å². The van der Waals surface area contributed by atoms with Crippen molar-refractivity contribution < 1.29 is 14.0 Å². The molecule has 3 aromatic carbocycles. The summed E-state index contributed by atoms with van der Waals surface area (Å²) in [7, 11) is 0. The Morgan fingerprint density at radius 1 is 1.18 bits per heavy atom. The fourth-order valence-corrected chi connectivity index (χ4v) is 5.97. The first-order chi connectivity index (χ1) is 16.4. The van der Waals surface area contributed by atoms with Gasteiger partial charge >= 0.3 is 6.03 Å². The third-order valence-corrected chi connectivity index (χ3v) is 7.56. The molecule has 1 saturated heterocycles. The number of amides is 3. The summed E-state index contributed by atoms with van der Waals surface area (Å²) < 4.78 is 14.4. The molecule has 1 N–H and O–H groups in total. The lowest BCUT2D eigenvalue weighted by molar-refractivity contribution is -0.123. The zero-order valence-electron chi connectivity index (χ0n) is 17.8. The van der Waals surface area contributed by atoms with Crippen LogP contribution in [0.25, 0.3) is 0 Å². The summed E-state index contributed by atoms with van der Waals surface area (Å²) in [4.78, 5) is 28.9.